The summed E-state index contributed by atoms with van der Waals surface area (Å²) in [4.78, 5) is 0. The molecule has 19 heavy (non-hydrogen) atoms. The summed E-state index contributed by atoms with van der Waals surface area (Å²) in [6.45, 7) is 6.77. The predicted molar refractivity (Wildman–Crippen MR) is 83.9 cm³/mol. The fourth-order valence-electron chi connectivity index (χ4n) is 1.70. The highest BCUT2D eigenvalue weighted by Crippen LogP contribution is 2.24. The number of amidine groups is 1. The van der Waals surface area contributed by atoms with E-state index in [1.165, 1.54) is 5.56 Å². The van der Waals surface area contributed by atoms with E-state index in [1.807, 2.05) is 39.0 Å². The molecule has 0 spiro atoms. The van der Waals surface area contributed by atoms with Gasteiger partial charge in [-0.15, -0.1) is 0 Å². The number of nitrogens with one attached hydrogen (secondary N) is 1. The first-order valence-corrected chi connectivity index (χ1v) is 7.36. The van der Waals surface area contributed by atoms with Gasteiger partial charge in [-0.25, -0.2) is 0 Å². The second-order valence-corrected chi connectivity index (χ2v) is 6.37. The Morgan fingerprint density at radius 1 is 1.37 bits per heavy atom. The van der Waals surface area contributed by atoms with E-state index in [1.54, 1.807) is 0 Å². The van der Waals surface area contributed by atoms with Crippen LogP contribution in [0.4, 0.5) is 0 Å². The van der Waals surface area contributed by atoms with Gasteiger partial charge in [0.05, 0.1) is 12.4 Å². The van der Waals surface area contributed by atoms with E-state index >= 15 is 0 Å². The Morgan fingerprint density at radius 3 is 2.63 bits per heavy atom. The van der Waals surface area contributed by atoms with Gasteiger partial charge in [0.15, 0.2) is 0 Å². The van der Waals surface area contributed by atoms with Crippen molar-refractivity contribution in [1.82, 2.24) is 0 Å². The number of benzene rings is 1. The molecule has 3 N–H and O–H groups in total. The number of hydrogen-bond donors (Lipinski definition) is 2. The molecule has 0 aromatic heterocycles. The van der Waals surface area contributed by atoms with E-state index < -0.39 is 0 Å². The smallest absolute Gasteiger partial charge is 0.119 e. The molecule has 0 atom stereocenters. The van der Waals surface area contributed by atoms with E-state index in [4.69, 9.17) is 15.9 Å². The molecule has 106 valence electrons. The zero-order valence-electron chi connectivity index (χ0n) is 11.9. The van der Waals surface area contributed by atoms with Crippen LogP contribution in [0.5, 0.6) is 5.75 Å². The van der Waals surface area contributed by atoms with Crippen molar-refractivity contribution in [3.05, 3.63) is 28.2 Å². The topological polar surface area (TPSA) is 59.1 Å². The van der Waals surface area contributed by atoms with Crippen LogP contribution in [-0.4, -0.2) is 12.4 Å². The van der Waals surface area contributed by atoms with Crippen molar-refractivity contribution in [1.29, 1.82) is 5.41 Å². The Balaban J connectivity index is 2.28. The largest absolute Gasteiger partial charge is 0.494 e. The molecule has 0 bridgehead atoms. The van der Waals surface area contributed by atoms with Crippen molar-refractivity contribution in [2.75, 3.05) is 6.61 Å². The van der Waals surface area contributed by atoms with Gasteiger partial charge in [0, 0.05) is 9.89 Å². The standard InChI is InChI=1S/C15H23BrN2O/c1-11-10-12(6-7-13(11)16)19-9-5-4-8-15(2,3)14(17)18/h6-7,10H,4-5,8-9H2,1-3H3,(H3,17,18). The monoisotopic (exact) mass is 326 g/mol. The van der Waals surface area contributed by atoms with Crippen LogP contribution in [0.15, 0.2) is 22.7 Å². The summed E-state index contributed by atoms with van der Waals surface area (Å²) in [5.74, 6) is 1.17. The minimum Gasteiger partial charge on any atom is -0.494 e. The normalized spacial score (nSPS) is 11.4. The predicted octanol–water partition coefficient (Wildman–Crippen LogP) is 4.27. The highest BCUT2D eigenvalue weighted by Gasteiger charge is 2.20. The van der Waals surface area contributed by atoms with Gasteiger partial charge in [-0.2, -0.15) is 0 Å². The van der Waals surface area contributed by atoms with Crippen molar-refractivity contribution in [2.45, 2.75) is 40.0 Å². The first kappa shape index (κ1) is 16.0. The first-order chi connectivity index (χ1) is 8.83. The van der Waals surface area contributed by atoms with Crippen molar-refractivity contribution >= 4 is 21.8 Å². The number of unbranched alkanes of at least 4 members (excludes halogenated alkanes) is 1. The number of rotatable bonds is 7. The van der Waals surface area contributed by atoms with E-state index in [-0.39, 0.29) is 11.3 Å². The Bertz CT molecular complexity index is 444. The third kappa shape index (κ3) is 5.23. The van der Waals surface area contributed by atoms with Gasteiger partial charge in [0.2, 0.25) is 0 Å². The molecular weight excluding hydrogens is 304 g/mol. The van der Waals surface area contributed by atoms with Crippen LogP contribution in [0, 0.1) is 17.7 Å². The van der Waals surface area contributed by atoms with E-state index in [0.717, 1.165) is 29.5 Å². The minimum atomic E-state index is -0.200. The van der Waals surface area contributed by atoms with Gasteiger partial charge < -0.3 is 10.5 Å². The number of halogens is 1. The molecule has 3 nitrogen and oxygen atoms in total. The summed E-state index contributed by atoms with van der Waals surface area (Å²) in [5.41, 5.74) is 6.53. The van der Waals surface area contributed by atoms with Gasteiger partial charge >= 0.3 is 0 Å². The zero-order chi connectivity index (χ0) is 14.5. The summed E-state index contributed by atoms with van der Waals surface area (Å²) < 4.78 is 6.81. The maximum atomic E-state index is 7.50. The number of nitrogens with two attached hydrogens (primary N) is 1. The molecule has 0 aliphatic rings. The van der Waals surface area contributed by atoms with Gasteiger partial charge in [0.1, 0.15) is 5.75 Å². The molecule has 4 heteroatoms. The van der Waals surface area contributed by atoms with E-state index in [0.29, 0.717) is 6.61 Å². The quantitative estimate of drug-likeness (QED) is 0.446. The lowest BCUT2D eigenvalue weighted by Crippen LogP contribution is -2.30. The molecule has 0 amide bonds. The molecule has 0 unspecified atom stereocenters. The molecule has 1 aromatic rings. The van der Waals surface area contributed by atoms with Crippen LogP contribution in [0.1, 0.15) is 38.7 Å². The maximum absolute atomic E-state index is 7.50. The molecule has 1 rings (SSSR count). The van der Waals surface area contributed by atoms with Crippen LogP contribution < -0.4 is 10.5 Å². The molecule has 0 heterocycles. The Labute approximate surface area is 124 Å². The van der Waals surface area contributed by atoms with Crippen LogP contribution in [0.25, 0.3) is 0 Å². The molecule has 0 aliphatic carbocycles. The average Bonchev–Trinajstić information content (AvgIpc) is 2.33. The summed E-state index contributed by atoms with van der Waals surface area (Å²) in [6.07, 6.45) is 2.92. The molecule has 1 aromatic carbocycles. The third-order valence-electron chi connectivity index (χ3n) is 3.32. The molecule has 0 radical (unpaired) electrons. The minimum absolute atomic E-state index is 0.200. The van der Waals surface area contributed by atoms with Crippen LogP contribution in [0.3, 0.4) is 0 Å². The van der Waals surface area contributed by atoms with Gasteiger partial charge in [-0.1, -0.05) is 29.8 Å². The average molecular weight is 327 g/mol. The Kier molecular flexibility index (Phi) is 5.85. The van der Waals surface area contributed by atoms with Crippen molar-refractivity contribution in [3.63, 3.8) is 0 Å². The van der Waals surface area contributed by atoms with Gasteiger partial charge in [0.25, 0.3) is 0 Å². The van der Waals surface area contributed by atoms with Crippen LogP contribution >= 0.6 is 15.9 Å². The van der Waals surface area contributed by atoms with E-state index in [2.05, 4.69) is 15.9 Å². The maximum Gasteiger partial charge on any atom is 0.119 e. The fraction of sp³-hybridized carbons (Fsp3) is 0.533. The lowest BCUT2D eigenvalue weighted by atomic mass is 9.86. The highest BCUT2D eigenvalue weighted by molar-refractivity contribution is 9.10. The SMILES string of the molecule is Cc1cc(OCCCCC(C)(C)C(=N)N)ccc1Br. The number of ether oxygens (including phenoxy) is 1. The summed E-state index contributed by atoms with van der Waals surface area (Å²) in [6, 6.07) is 6.00. The zero-order valence-corrected chi connectivity index (χ0v) is 13.5. The Hall–Kier alpha value is -1.03. The van der Waals surface area contributed by atoms with Gasteiger partial charge in [-0.05, 0) is 49.9 Å². The van der Waals surface area contributed by atoms with Crippen LogP contribution in [0.2, 0.25) is 0 Å². The second-order valence-electron chi connectivity index (χ2n) is 5.51. The summed E-state index contributed by atoms with van der Waals surface area (Å²) >= 11 is 3.47. The summed E-state index contributed by atoms with van der Waals surface area (Å²) in [5, 5.41) is 7.50. The molecule has 0 saturated carbocycles. The lowest BCUT2D eigenvalue weighted by Gasteiger charge is -2.22. The van der Waals surface area contributed by atoms with Crippen LogP contribution in [-0.2, 0) is 0 Å². The molecule has 0 saturated heterocycles. The lowest BCUT2D eigenvalue weighted by molar-refractivity contribution is 0.296. The highest BCUT2D eigenvalue weighted by atomic mass is 79.9. The number of hydrogen-bond acceptors (Lipinski definition) is 2. The molecule has 0 fully saturated rings. The van der Waals surface area contributed by atoms with Crippen molar-refractivity contribution in [2.24, 2.45) is 11.1 Å². The summed E-state index contributed by atoms with van der Waals surface area (Å²) in [7, 11) is 0. The van der Waals surface area contributed by atoms with E-state index in [9.17, 15) is 0 Å². The Morgan fingerprint density at radius 2 is 2.05 bits per heavy atom. The third-order valence-corrected chi connectivity index (χ3v) is 4.21. The fourth-order valence-corrected chi connectivity index (χ4v) is 1.95. The first-order valence-electron chi connectivity index (χ1n) is 6.56. The van der Waals surface area contributed by atoms with Gasteiger partial charge in [-0.3, -0.25) is 5.41 Å². The molecular formula is C15H23BrN2O. The second kappa shape index (κ2) is 6.94. The molecule has 0 aliphatic heterocycles. The van der Waals surface area contributed by atoms with Crippen molar-refractivity contribution in [3.8, 4) is 5.75 Å². The number of aryl methyl sites for hydroxylation is 1. The van der Waals surface area contributed by atoms with Crippen molar-refractivity contribution < 1.29 is 4.74 Å².